The number of benzene rings is 1. The monoisotopic (exact) mass is 337 g/mol. The van der Waals surface area contributed by atoms with E-state index in [1.165, 1.54) is 12.1 Å². The van der Waals surface area contributed by atoms with Gasteiger partial charge in [0.25, 0.3) is 0 Å². The van der Waals surface area contributed by atoms with Gasteiger partial charge in [0.2, 0.25) is 0 Å². The predicted octanol–water partition coefficient (Wildman–Crippen LogP) is 2.50. The maximum absolute atomic E-state index is 13.1. The number of likely N-dealkylation sites (N-methyl/N-ethyl adjacent to an activating group) is 1. The Hall–Kier alpha value is -1.66. The largest absolute Gasteiger partial charge is 0.384 e. The average molecular weight is 337 g/mol. The van der Waals surface area contributed by atoms with E-state index >= 15 is 0 Å². The third kappa shape index (κ3) is 5.18. The summed E-state index contributed by atoms with van der Waals surface area (Å²) >= 11 is 0. The van der Waals surface area contributed by atoms with E-state index < -0.39 is 0 Å². The van der Waals surface area contributed by atoms with E-state index in [9.17, 15) is 9.18 Å². The molecule has 1 N–H and O–H groups in total. The first kappa shape index (κ1) is 18.7. The van der Waals surface area contributed by atoms with Gasteiger partial charge in [-0.05, 0) is 44.6 Å². The van der Waals surface area contributed by atoms with Crippen molar-refractivity contribution in [1.29, 1.82) is 0 Å². The van der Waals surface area contributed by atoms with E-state index in [1.54, 1.807) is 19.2 Å². The number of piperidine rings is 1. The van der Waals surface area contributed by atoms with Crippen molar-refractivity contribution in [3.8, 4) is 0 Å². The Morgan fingerprint density at radius 3 is 2.75 bits per heavy atom. The molecule has 1 heterocycles. The quantitative estimate of drug-likeness (QED) is 0.867. The topological polar surface area (TPSA) is 44.8 Å². The minimum absolute atomic E-state index is 0.00844. The molecule has 1 aromatic carbocycles. The van der Waals surface area contributed by atoms with E-state index in [0.29, 0.717) is 19.1 Å². The van der Waals surface area contributed by atoms with Crippen LogP contribution in [0.2, 0.25) is 0 Å². The molecule has 24 heavy (non-hydrogen) atoms. The minimum atomic E-state index is -0.252. The molecule has 0 aliphatic carbocycles. The van der Waals surface area contributed by atoms with E-state index in [2.05, 4.69) is 5.32 Å². The minimum Gasteiger partial charge on any atom is -0.384 e. The summed E-state index contributed by atoms with van der Waals surface area (Å²) < 4.78 is 18.3. The smallest absolute Gasteiger partial charge is 0.317 e. The number of nitrogens with zero attached hydrogens (tertiary/aromatic N) is 2. The second-order valence-electron chi connectivity index (χ2n) is 6.63. The van der Waals surface area contributed by atoms with Crippen LogP contribution in [-0.4, -0.2) is 63.3 Å². The molecule has 0 radical (unpaired) electrons. The van der Waals surface area contributed by atoms with Crippen molar-refractivity contribution in [3.05, 3.63) is 35.6 Å². The molecule has 0 aromatic heterocycles. The molecule has 2 amide bonds. The number of methoxy groups -OCH3 is 1. The third-order valence-electron chi connectivity index (χ3n) is 4.53. The van der Waals surface area contributed by atoms with Gasteiger partial charge in [0.1, 0.15) is 5.82 Å². The molecule has 6 heteroatoms. The number of likely N-dealkylation sites (tertiary alicyclic amines) is 1. The van der Waals surface area contributed by atoms with Crippen LogP contribution in [0.1, 0.15) is 24.4 Å². The van der Waals surface area contributed by atoms with Gasteiger partial charge in [-0.3, -0.25) is 0 Å². The standard InChI is InChI=1S/C18H28FN3O2/c1-21(2)17(15-6-8-16(19)9-7-15)11-20-18(23)22-10-4-5-14(12-22)13-24-3/h6-9,14,17H,4-5,10-13H2,1-3H3,(H,20,23). The maximum Gasteiger partial charge on any atom is 0.317 e. The molecule has 1 aromatic rings. The van der Waals surface area contributed by atoms with Crippen LogP contribution in [0, 0.1) is 11.7 Å². The molecule has 0 bridgehead atoms. The summed E-state index contributed by atoms with van der Waals surface area (Å²) in [6.45, 7) is 2.71. The highest BCUT2D eigenvalue weighted by Crippen LogP contribution is 2.19. The van der Waals surface area contributed by atoms with Crippen molar-refractivity contribution in [2.45, 2.75) is 18.9 Å². The van der Waals surface area contributed by atoms with Gasteiger partial charge in [-0.25, -0.2) is 9.18 Å². The van der Waals surface area contributed by atoms with Crippen LogP contribution in [0.3, 0.4) is 0 Å². The Bertz CT molecular complexity index is 520. The van der Waals surface area contributed by atoms with Gasteiger partial charge < -0.3 is 19.9 Å². The molecular weight excluding hydrogens is 309 g/mol. The van der Waals surface area contributed by atoms with Gasteiger partial charge in [0.05, 0.1) is 12.6 Å². The Labute approximate surface area is 143 Å². The first-order chi connectivity index (χ1) is 11.5. The summed E-state index contributed by atoms with van der Waals surface area (Å²) in [5, 5.41) is 3.02. The summed E-state index contributed by atoms with van der Waals surface area (Å²) in [5.74, 6) is 0.161. The molecule has 5 nitrogen and oxygen atoms in total. The summed E-state index contributed by atoms with van der Waals surface area (Å²) in [6, 6.07) is 6.41. The normalized spacial score (nSPS) is 19.4. The highest BCUT2D eigenvalue weighted by atomic mass is 19.1. The highest BCUT2D eigenvalue weighted by molar-refractivity contribution is 5.74. The van der Waals surface area contributed by atoms with Gasteiger partial charge in [-0.1, -0.05) is 12.1 Å². The molecule has 1 aliphatic rings. The number of hydrogen-bond donors (Lipinski definition) is 1. The van der Waals surface area contributed by atoms with Crippen molar-refractivity contribution in [3.63, 3.8) is 0 Å². The first-order valence-corrected chi connectivity index (χ1v) is 8.45. The number of halogens is 1. The summed E-state index contributed by atoms with van der Waals surface area (Å²) in [5.41, 5.74) is 0.984. The lowest BCUT2D eigenvalue weighted by Gasteiger charge is -2.33. The Morgan fingerprint density at radius 2 is 2.12 bits per heavy atom. The van der Waals surface area contributed by atoms with Crippen LogP contribution >= 0.6 is 0 Å². The lowest BCUT2D eigenvalue weighted by Crippen LogP contribution is -2.48. The van der Waals surface area contributed by atoms with Crippen molar-refractivity contribution in [2.24, 2.45) is 5.92 Å². The molecule has 1 saturated heterocycles. The zero-order chi connectivity index (χ0) is 17.5. The number of nitrogens with one attached hydrogen (secondary N) is 1. The summed E-state index contributed by atoms with van der Waals surface area (Å²) in [6.07, 6.45) is 2.12. The number of carbonyl (C=O) groups is 1. The van der Waals surface area contributed by atoms with Crippen LogP contribution in [0.15, 0.2) is 24.3 Å². The van der Waals surface area contributed by atoms with Crippen LogP contribution in [-0.2, 0) is 4.74 Å². The Kier molecular flexibility index (Phi) is 6.99. The van der Waals surface area contributed by atoms with Gasteiger partial charge in [-0.15, -0.1) is 0 Å². The molecule has 1 aliphatic heterocycles. The number of carbonyl (C=O) groups excluding carboxylic acids is 1. The highest BCUT2D eigenvalue weighted by Gasteiger charge is 2.24. The molecule has 0 spiro atoms. The fourth-order valence-corrected chi connectivity index (χ4v) is 3.20. The molecule has 2 unspecified atom stereocenters. The molecule has 2 atom stereocenters. The second kappa shape index (κ2) is 8.99. The van der Waals surface area contributed by atoms with Crippen LogP contribution in [0.25, 0.3) is 0 Å². The zero-order valence-electron chi connectivity index (χ0n) is 14.8. The number of hydrogen-bond acceptors (Lipinski definition) is 3. The number of amides is 2. The van der Waals surface area contributed by atoms with Gasteiger partial charge in [0.15, 0.2) is 0 Å². The lowest BCUT2D eigenvalue weighted by atomic mass is 9.99. The fourth-order valence-electron chi connectivity index (χ4n) is 3.20. The van der Waals surface area contributed by atoms with E-state index in [4.69, 9.17) is 4.74 Å². The summed E-state index contributed by atoms with van der Waals surface area (Å²) in [7, 11) is 5.61. The SMILES string of the molecule is COCC1CCCN(C(=O)NCC(c2ccc(F)cc2)N(C)C)C1. The fraction of sp³-hybridized carbons (Fsp3) is 0.611. The lowest BCUT2D eigenvalue weighted by molar-refractivity contribution is 0.0998. The molecule has 134 valence electrons. The molecule has 2 rings (SSSR count). The van der Waals surface area contributed by atoms with Crippen LogP contribution < -0.4 is 5.32 Å². The van der Waals surface area contributed by atoms with E-state index in [0.717, 1.165) is 31.5 Å². The van der Waals surface area contributed by atoms with Gasteiger partial charge in [-0.2, -0.15) is 0 Å². The predicted molar refractivity (Wildman–Crippen MR) is 92.4 cm³/mol. The van der Waals surface area contributed by atoms with E-state index in [-0.39, 0.29) is 17.9 Å². The van der Waals surface area contributed by atoms with Crippen molar-refractivity contribution in [1.82, 2.24) is 15.1 Å². The first-order valence-electron chi connectivity index (χ1n) is 8.45. The molecule has 1 fully saturated rings. The van der Waals surface area contributed by atoms with Crippen LogP contribution in [0.4, 0.5) is 9.18 Å². The average Bonchev–Trinajstić information content (AvgIpc) is 2.57. The molecule has 0 saturated carbocycles. The Morgan fingerprint density at radius 1 is 1.42 bits per heavy atom. The zero-order valence-corrected chi connectivity index (χ0v) is 14.8. The molecular formula is C18H28FN3O2. The van der Waals surface area contributed by atoms with Crippen molar-refractivity contribution in [2.75, 3.05) is 47.4 Å². The third-order valence-corrected chi connectivity index (χ3v) is 4.53. The van der Waals surface area contributed by atoms with E-state index in [1.807, 2.05) is 23.9 Å². The Balaban J connectivity index is 1.91. The number of rotatable bonds is 6. The van der Waals surface area contributed by atoms with Crippen molar-refractivity contribution < 1.29 is 13.9 Å². The van der Waals surface area contributed by atoms with Crippen LogP contribution in [0.5, 0.6) is 0 Å². The van der Waals surface area contributed by atoms with Gasteiger partial charge in [0, 0.05) is 32.7 Å². The summed E-state index contributed by atoms with van der Waals surface area (Å²) in [4.78, 5) is 16.3. The van der Waals surface area contributed by atoms with Gasteiger partial charge >= 0.3 is 6.03 Å². The maximum atomic E-state index is 13.1. The van der Waals surface area contributed by atoms with Crippen molar-refractivity contribution >= 4 is 6.03 Å². The number of ether oxygens (including phenoxy) is 1. The number of urea groups is 1. The second-order valence-corrected chi connectivity index (χ2v) is 6.63.